The summed E-state index contributed by atoms with van der Waals surface area (Å²) in [5.74, 6) is 1.83. The topological polar surface area (TPSA) is 85.5 Å². The Morgan fingerprint density at radius 1 is 1.14 bits per heavy atom. The van der Waals surface area contributed by atoms with E-state index in [-0.39, 0.29) is 5.92 Å². The van der Waals surface area contributed by atoms with Crippen molar-refractivity contribution in [1.82, 2.24) is 14.5 Å². The van der Waals surface area contributed by atoms with Crippen LogP contribution in [0.5, 0.6) is 5.75 Å². The average molecular weight is 484 g/mol. The molecule has 148 valence electrons. The Hall–Kier alpha value is -1.75. The van der Waals surface area contributed by atoms with Gasteiger partial charge in [-0.1, -0.05) is 0 Å². The molecule has 1 aromatic carbocycles. The normalized spacial score (nSPS) is 16.4. The maximum Gasteiger partial charge on any atom is 0.252 e. The minimum Gasteiger partial charge on any atom is -0.497 e. The second-order valence-electron chi connectivity index (χ2n) is 6.41. The number of ether oxygens (including phenoxy) is 1. The highest BCUT2D eigenvalue weighted by atomic mass is 79.9. The summed E-state index contributed by atoms with van der Waals surface area (Å²) in [6.07, 6.45) is 1.30. The molecular weight excluding hydrogens is 466 g/mol. The Morgan fingerprint density at radius 3 is 2.46 bits per heavy atom. The predicted octanol–water partition coefficient (Wildman–Crippen LogP) is 4.14. The van der Waals surface area contributed by atoms with Crippen LogP contribution in [0.25, 0.3) is 11.5 Å². The summed E-state index contributed by atoms with van der Waals surface area (Å²) in [5.41, 5.74) is 0.822. The standard InChI is InChI=1S/C18H18BrN3O4S2/c1-25-14-4-2-12(3-5-14)17-20-21-18(26-17)13-8-10-22(11-9-13)28(23,24)16-7-6-15(19)27-16/h2-7,13H,8-11H2,1H3. The Bertz CT molecular complexity index is 1050. The second kappa shape index (κ2) is 7.94. The molecule has 4 rings (SSSR count). The lowest BCUT2D eigenvalue weighted by Gasteiger charge is -2.29. The van der Waals surface area contributed by atoms with E-state index in [2.05, 4.69) is 26.1 Å². The smallest absolute Gasteiger partial charge is 0.252 e. The minimum absolute atomic E-state index is 0.0565. The SMILES string of the molecule is COc1ccc(-c2nnc(C3CCN(S(=O)(=O)c4ccc(Br)s4)CC3)o2)cc1. The van der Waals surface area contributed by atoms with Crippen molar-refractivity contribution in [2.45, 2.75) is 23.0 Å². The lowest BCUT2D eigenvalue weighted by molar-refractivity contribution is 0.292. The van der Waals surface area contributed by atoms with Crippen LogP contribution in [0.1, 0.15) is 24.7 Å². The Labute approximate surface area is 175 Å². The molecule has 1 fully saturated rings. The van der Waals surface area contributed by atoms with Crippen molar-refractivity contribution in [2.75, 3.05) is 20.2 Å². The van der Waals surface area contributed by atoms with Gasteiger partial charge >= 0.3 is 0 Å². The average Bonchev–Trinajstić information content (AvgIpc) is 3.38. The van der Waals surface area contributed by atoms with E-state index in [1.54, 1.807) is 19.2 Å². The molecule has 1 aliphatic heterocycles. The fraction of sp³-hybridized carbons (Fsp3) is 0.333. The first kappa shape index (κ1) is 19.6. The van der Waals surface area contributed by atoms with Crippen molar-refractivity contribution < 1.29 is 17.6 Å². The van der Waals surface area contributed by atoms with Crippen molar-refractivity contribution in [3.05, 3.63) is 46.1 Å². The van der Waals surface area contributed by atoms with Gasteiger partial charge in [0.1, 0.15) is 9.96 Å². The van der Waals surface area contributed by atoms with Gasteiger partial charge in [0.15, 0.2) is 0 Å². The molecule has 0 unspecified atom stereocenters. The van der Waals surface area contributed by atoms with Crippen LogP contribution in [0.3, 0.4) is 0 Å². The first-order valence-corrected chi connectivity index (χ1v) is 11.8. The summed E-state index contributed by atoms with van der Waals surface area (Å²) in [4.78, 5) is 0. The van der Waals surface area contributed by atoms with Gasteiger partial charge in [0.05, 0.1) is 10.9 Å². The molecule has 0 spiro atoms. The third-order valence-electron chi connectivity index (χ3n) is 4.72. The predicted molar refractivity (Wildman–Crippen MR) is 109 cm³/mol. The number of methoxy groups -OCH3 is 1. The molecule has 28 heavy (non-hydrogen) atoms. The molecule has 0 aliphatic carbocycles. The first-order valence-electron chi connectivity index (χ1n) is 8.70. The van der Waals surface area contributed by atoms with E-state index in [1.807, 2.05) is 24.3 Å². The molecule has 1 saturated heterocycles. The first-order chi connectivity index (χ1) is 13.5. The Kier molecular flexibility index (Phi) is 5.55. The van der Waals surface area contributed by atoms with E-state index >= 15 is 0 Å². The maximum absolute atomic E-state index is 12.7. The monoisotopic (exact) mass is 483 g/mol. The van der Waals surface area contributed by atoms with Crippen LogP contribution in [0.4, 0.5) is 0 Å². The molecule has 7 nitrogen and oxygen atoms in total. The summed E-state index contributed by atoms with van der Waals surface area (Å²) < 4.78 is 39.2. The van der Waals surface area contributed by atoms with Crippen molar-refractivity contribution in [3.63, 3.8) is 0 Å². The Balaban J connectivity index is 1.43. The number of piperidine rings is 1. The van der Waals surface area contributed by atoms with Crippen LogP contribution >= 0.6 is 27.3 Å². The molecule has 1 aliphatic rings. The van der Waals surface area contributed by atoms with E-state index in [0.717, 1.165) is 15.1 Å². The van der Waals surface area contributed by atoms with Crippen LogP contribution in [0.2, 0.25) is 0 Å². The van der Waals surface area contributed by atoms with Gasteiger partial charge in [0.25, 0.3) is 10.0 Å². The number of rotatable bonds is 5. The van der Waals surface area contributed by atoms with Gasteiger partial charge in [-0.05, 0) is 65.2 Å². The number of hydrogen-bond acceptors (Lipinski definition) is 7. The summed E-state index contributed by atoms with van der Waals surface area (Å²) in [5, 5.41) is 8.33. The molecule has 3 heterocycles. The van der Waals surface area contributed by atoms with Crippen molar-refractivity contribution in [2.24, 2.45) is 0 Å². The maximum atomic E-state index is 12.7. The van der Waals surface area contributed by atoms with Gasteiger partial charge in [-0.25, -0.2) is 8.42 Å². The van der Waals surface area contributed by atoms with E-state index < -0.39 is 10.0 Å². The molecule has 0 N–H and O–H groups in total. The zero-order chi connectivity index (χ0) is 19.7. The zero-order valence-corrected chi connectivity index (χ0v) is 18.3. The molecule has 2 aromatic heterocycles. The third-order valence-corrected chi connectivity index (χ3v) is 8.71. The highest BCUT2D eigenvalue weighted by molar-refractivity contribution is 9.11. The lowest BCUT2D eigenvalue weighted by atomic mass is 9.98. The van der Waals surface area contributed by atoms with Crippen LogP contribution in [-0.2, 0) is 10.0 Å². The number of sulfonamides is 1. The third kappa shape index (κ3) is 3.86. The van der Waals surface area contributed by atoms with E-state index in [1.165, 1.54) is 15.6 Å². The van der Waals surface area contributed by atoms with Crippen molar-refractivity contribution in [3.8, 4) is 17.2 Å². The molecule has 0 amide bonds. The van der Waals surface area contributed by atoms with E-state index in [4.69, 9.17) is 9.15 Å². The largest absolute Gasteiger partial charge is 0.497 e. The molecule has 10 heteroatoms. The molecule has 0 atom stereocenters. The number of nitrogens with zero attached hydrogens (tertiary/aromatic N) is 3. The van der Waals surface area contributed by atoms with Gasteiger partial charge in [-0.3, -0.25) is 0 Å². The summed E-state index contributed by atoms with van der Waals surface area (Å²) in [7, 11) is -1.83. The van der Waals surface area contributed by atoms with Gasteiger partial charge in [-0.2, -0.15) is 4.31 Å². The number of hydrogen-bond donors (Lipinski definition) is 0. The number of aromatic nitrogens is 2. The van der Waals surface area contributed by atoms with Crippen LogP contribution in [0.15, 0.2) is 48.8 Å². The van der Waals surface area contributed by atoms with E-state index in [9.17, 15) is 8.42 Å². The second-order valence-corrected chi connectivity index (χ2v) is 11.0. The number of benzene rings is 1. The van der Waals surface area contributed by atoms with Crippen LogP contribution in [0, 0.1) is 0 Å². The summed E-state index contributed by atoms with van der Waals surface area (Å²) in [6.45, 7) is 0.867. The molecule has 3 aromatic rings. The van der Waals surface area contributed by atoms with Gasteiger partial charge < -0.3 is 9.15 Å². The zero-order valence-electron chi connectivity index (χ0n) is 15.0. The summed E-state index contributed by atoms with van der Waals surface area (Å²) in [6, 6.07) is 10.8. The van der Waals surface area contributed by atoms with Gasteiger partial charge in [0.2, 0.25) is 11.8 Å². The summed E-state index contributed by atoms with van der Waals surface area (Å²) >= 11 is 4.55. The quantitative estimate of drug-likeness (QED) is 0.541. The highest BCUT2D eigenvalue weighted by Gasteiger charge is 2.32. The van der Waals surface area contributed by atoms with E-state index in [0.29, 0.717) is 41.9 Å². The number of halogens is 1. The van der Waals surface area contributed by atoms with Crippen LogP contribution < -0.4 is 4.74 Å². The van der Waals surface area contributed by atoms with Crippen molar-refractivity contribution in [1.29, 1.82) is 0 Å². The Morgan fingerprint density at radius 2 is 1.86 bits per heavy atom. The molecule has 0 saturated carbocycles. The molecule has 0 radical (unpaired) electrons. The van der Waals surface area contributed by atoms with Gasteiger partial charge in [0, 0.05) is 24.6 Å². The molecule has 0 bridgehead atoms. The number of thiophene rings is 1. The fourth-order valence-corrected chi connectivity index (χ4v) is 6.79. The van der Waals surface area contributed by atoms with Gasteiger partial charge in [-0.15, -0.1) is 21.5 Å². The highest BCUT2D eigenvalue weighted by Crippen LogP contribution is 2.34. The van der Waals surface area contributed by atoms with Crippen LogP contribution in [-0.4, -0.2) is 43.1 Å². The fourth-order valence-electron chi connectivity index (χ4n) is 3.16. The van der Waals surface area contributed by atoms with Crippen molar-refractivity contribution >= 4 is 37.3 Å². The lowest BCUT2D eigenvalue weighted by Crippen LogP contribution is -2.37. The minimum atomic E-state index is -3.45. The molecular formula is C18H18BrN3O4S2.